The normalized spacial score (nSPS) is 12.2. The van der Waals surface area contributed by atoms with Crippen LogP contribution in [0, 0.1) is 0 Å². The van der Waals surface area contributed by atoms with Gasteiger partial charge in [-0.1, -0.05) is 66.6 Å². The number of hydrogen-bond donors (Lipinski definition) is 0. The molecule has 0 saturated heterocycles. The van der Waals surface area contributed by atoms with Gasteiger partial charge >= 0.3 is 0 Å². The summed E-state index contributed by atoms with van der Waals surface area (Å²) in [4.78, 5) is 0.261. The van der Waals surface area contributed by atoms with Gasteiger partial charge in [-0.2, -0.15) is 0 Å². The third-order valence-corrected chi connectivity index (χ3v) is 4.68. The Morgan fingerprint density at radius 2 is 1.65 bits per heavy atom. The quantitative estimate of drug-likeness (QED) is 0.387. The maximum absolute atomic E-state index is 6.33. The monoisotopic (exact) mass is 362 g/mol. The number of halogens is 2. The second kappa shape index (κ2) is 9.51. The van der Waals surface area contributed by atoms with E-state index in [1.165, 1.54) is 32.1 Å². The van der Waals surface area contributed by atoms with Crippen molar-refractivity contribution in [1.82, 2.24) is 0 Å². The number of unbranched alkanes of at least 4 members (excludes halogenated alkanes) is 4. The highest BCUT2D eigenvalue weighted by Crippen LogP contribution is 2.40. The second-order valence-electron chi connectivity index (χ2n) is 4.90. The van der Waals surface area contributed by atoms with Crippen molar-refractivity contribution < 1.29 is 9.47 Å². The van der Waals surface area contributed by atoms with Crippen LogP contribution in [0.15, 0.2) is 12.1 Å². The first-order valence-corrected chi connectivity index (χ1v) is 8.48. The lowest BCUT2D eigenvalue weighted by Gasteiger charge is -2.15. The van der Waals surface area contributed by atoms with Gasteiger partial charge in [0.15, 0.2) is 11.5 Å². The van der Waals surface area contributed by atoms with Gasteiger partial charge in [0.1, 0.15) is 0 Å². The Bertz CT molecular complexity index is 410. The van der Waals surface area contributed by atoms with E-state index in [-0.39, 0.29) is 4.83 Å². The molecule has 2 nitrogen and oxygen atoms in total. The number of hydrogen-bond acceptors (Lipinski definition) is 2. The molecule has 0 aromatic heterocycles. The van der Waals surface area contributed by atoms with Gasteiger partial charge in [0.05, 0.1) is 14.2 Å². The molecule has 0 radical (unpaired) electrons. The van der Waals surface area contributed by atoms with Gasteiger partial charge < -0.3 is 9.47 Å². The molecule has 0 heterocycles. The van der Waals surface area contributed by atoms with Gasteiger partial charge in [-0.25, -0.2) is 0 Å². The molecule has 1 aromatic carbocycles. The summed E-state index contributed by atoms with van der Waals surface area (Å²) in [7, 11) is 3.26. The first-order chi connectivity index (χ1) is 9.63. The van der Waals surface area contributed by atoms with Gasteiger partial charge in [-0.3, -0.25) is 0 Å². The van der Waals surface area contributed by atoms with Crippen molar-refractivity contribution in [3.63, 3.8) is 0 Å². The van der Waals surface area contributed by atoms with E-state index in [1.807, 2.05) is 12.1 Å². The molecule has 20 heavy (non-hydrogen) atoms. The minimum absolute atomic E-state index is 0.261. The van der Waals surface area contributed by atoms with Crippen LogP contribution in [-0.2, 0) is 0 Å². The third-order valence-electron chi connectivity index (χ3n) is 3.40. The summed E-state index contributed by atoms with van der Waals surface area (Å²) >= 11 is 10.1. The molecule has 0 aliphatic heterocycles. The number of benzene rings is 1. The lowest BCUT2D eigenvalue weighted by Crippen LogP contribution is -1.96. The Kier molecular flexibility index (Phi) is 8.39. The Hall–Kier alpha value is -0.410. The summed E-state index contributed by atoms with van der Waals surface area (Å²) in [6.45, 7) is 2.23. The lowest BCUT2D eigenvalue weighted by molar-refractivity contribution is 0.354. The highest BCUT2D eigenvalue weighted by molar-refractivity contribution is 9.09. The summed E-state index contributed by atoms with van der Waals surface area (Å²) in [5, 5.41) is 0.720. The first-order valence-electron chi connectivity index (χ1n) is 7.19. The average Bonchev–Trinajstić information content (AvgIpc) is 2.46. The van der Waals surface area contributed by atoms with Crippen molar-refractivity contribution in [3.8, 4) is 11.5 Å². The zero-order valence-electron chi connectivity index (χ0n) is 12.5. The van der Waals surface area contributed by atoms with Crippen LogP contribution >= 0.6 is 27.5 Å². The van der Waals surface area contributed by atoms with Crippen LogP contribution in [0.1, 0.15) is 55.8 Å². The van der Waals surface area contributed by atoms with Crippen LogP contribution < -0.4 is 9.47 Å². The molecule has 0 bridgehead atoms. The van der Waals surface area contributed by atoms with Gasteiger partial charge in [0, 0.05) is 15.9 Å². The lowest BCUT2D eigenvalue weighted by atomic mass is 10.0. The highest BCUT2D eigenvalue weighted by atomic mass is 79.9. The van der Waals surface area contributed by atoms with E-state index in [9.17, 15) is 0 Å². The summed E-state index contributed by atoms with van der Waals surface area (Å²) in [5.41, 5.74) is 1.07. The van der Waals surface area contributed by atoms with Crippen LogP contribution in [0.4, 0.5) is 0 Å². The average molecular weight is 364 g/mol. The standard InChI is InChI=1S/C16H24BrClO2/c1-4-5-6-7-8-9-13(17)12-10-15(19-2)16(20-3)11-14(12)18/h10-11,13H,4-9H2,1-3H3. The molecular formula is C16H24BrClO2. The van der Waals surface area contributed by atoms with Gasteiger partial charge in [0.25, 0.3) is 0 Å². The van der Waals surface area contributed by atoms with Crippen LogP contribution in [0.3, 0.4) is 0 Å². The Morgan fingerprint density at radius 1 is 1.05 bits per heavy atom. The molecule has 1 unspecified atom stereocenters. The van der Waals surface area contributed by atoms with Crippen LogP contribution in [-0.4, -0.2) is 14.2 Å². The van der Waals surface area contributed by atoms with Crippen molar-refractivity contribution in [2.75, 3.05) is 14.2 Å². The SMILES string of the molecule is CCCCCCCC(Br)c1cc(OC)c(OC)cc1Cl. The minimum Gasteiger partial charge on any atom is -0.493 e. The smallest absolute Gasteiger partial charge is 0.162 e. The maximum atomic E-state index is 6.33. The van der Waals surface area contributed by atoms with Crippen LogP contribution in [0.2, 0.25) is 5.02 Å². The predicted molar refractivity (Wildman–Crippen MR) is 89.6 cm³/mol. The fourth-order valence-corrected chi connectivity index (χ4v) is 3.31. The van der Waals surface area contributed by atoms with E-state index in [0.717, 1.165) is 22.8 Å². The fraction of sp³-hybridized carbons (Fsp3) is 0.625. The molecule has 114 valence electrons. The molecule has 1 rings (SSSR count). The third kappa shape index (κ3) is 5.17. The second-order valence-corrected chi connectivity index (χ2v) is 6.41. The van der Waals surface area contributed by atoms with E-state index >= 15 is 0 Å². The molecule has 0 aliphatic carbocycles. The molecule has 0 aliphatic rings. The molecular weight excluding hydrogens is 340 g/mol. The molecule has 1 aromatic rings. The van der Waals surface area contributed by atoms with Crippen molar-refractivity contribution in [1.29, 1.82) is 0 Å². The molecule has 1 atom stereocenters. The Morgan fingerprint density at radius 3 is 2.25 bits per heavy atom. The van der Waals surface area contributed by atoms with Gasteiger partial charge in [-0.15, -0.1) is 0 Å². The predicted octanol–water partition coefficient (Wildman–Crippen LogP) is 6.15. The van der Waals surface area contributed by atoms with E-state index in [2.05, 4.69) is 22.9 Å². The molecule has 0 spiro atoms. The molecule has 0 saturated carbocycles. The highest BCUT2D eigenvalue weighted by Gasteiger charge is 2.16. The van der Waals surface area contributed by atoms with Crippen LogP contribution in [0.25, 0.3) is 0 Å². The summed E-state index contributed by atoms with van der Waals surface area (Å²) in [6, 6.07) is 3.79. The summed E-state index contributed by atoms with van der Waals surface area (Å²) in [6.07, 6.45) is 7.49. The maximum Gasteiger partial charge on any atom is 0.162 e. The summed E-state index contributed by atoms with van der Waals surface area (Å²) in [5.74, 6) is 1.39. The molecule has 0 N–H and O–H groups in total. The van der Waals surface area contributed by atoms with Gasteiger partial charge in [-0.05, 0) is 18.1 Å². The van der Waals surface area contributed by atoms with Crippen molar-refractivity contribution in [2.24, 2.45) is 0 Å². The molecule has 0 fully saturated rings. The van der Waals surface area contributed by atoms with Crippen molar-refractivity contribution in [3.05, 3.63) is 22.7 Å². The molecule has 0 amide bonds. The van der Waals surface area contributed by atoms with E-state index in [4.69, 9.17) is 21.1 Å². The zero-order valence-corrected chi connectivity index (χ0v) is 14.9. The Labute approximate surface area is 135 Å². The zero-order chi connectivity index (χ0) is 15.0. The Balaban J connectivity index is 2.65. The fourth-order valence-electron chi connectivity index (χ4n) is 2.19. The van der Waals surface area contributed by atoms with Crippen molar-refractivity contribution in [2.45, 2.75) is 50.3 Å². The van der Waals surface area contributed by atoms with E-state index in [1.54, 1.807) is 14.2 Å². The first kappa shape index (κ1) is 17.6. The minimum atomic E-state index is 0.261. The topological polar surface area (TPSA) is 18.5 Å². The summed E-state index contributed by atoms with van der Waals surface area (Å²) < 4.78 is 10.6. The van der Waals surface area contributed by atoms with Crippen molar-refractivity contribution >= 4 is 27.5 Å². The number of ether oxygens (including phenoxy) is 2. The molecule has 4 heteroatoms. The van der Waals surface area contributed by atoms with E-state index in [0.29, 0.717) is 5.75 Å². The largest absolute Gasteiger partial charge is 0.493 e. The number of rotatable bonds is 9. The van der Waals surface area contributed by atoms with E-state index < -0.39 is 0 Å². The van der Waals surface area contributed by atoms with Gasteiger partial charge in [0.2, 0.25) is 0 Å². The van der Waals surface area contributed by atoms with Crippen LogP contribution in [0.5, 0.6) is 11.5 Å². The number of alkyl halides is 1. The number of methoxy groups -OCH3 is 2.